The van der Waals surface area contributed by atoms with E-state index in [-0.39, 0.29) is 24.9 Å². The molecule has 0 saturated carbocycles. The standard InChI is InChI=1S/C13H20N2O2.ClH/c1-9(2)10-4-6-11(7-5-10)15-13(16)12(8-14)17-3;/h4-7,9,12H,8,14H2,1-3H3,(H,15,16);1H. The van der Waals surface area contributed by atoms with Crippen molar-refractivity contribution in [3.63, 3.8) is 0 Å². The number of rotatable bonds is 5. The van der Waals surface area contributed by atoms with E-state index in [9.17, 15) is 4.79 Å². The molecule has 18 heavy (non-hydrogen) atoms. The lowest BCUT2D eigenvalue weighted by molar-refractivity contribution is -0.125. The highest BCUT2D eigenvalue weighted by Crippen LogP contribution is 2.17. The van der Waals surface area contributed by atoms with Crippen LogP contribution < -0.4 is 11.1 Å². The molecule has 0 spiro atoms. The molecule has 0 aromatic heterocycles. The van der Waals surface area contributed by atoms with Gasteiger partial charge in [0, 0.05) is 19.3 Å². The van der Waals surface area contributed by atoms with Crippen LogP contribution in [0.2, 0.25) is 0 Å². The van der Waals surface area contributed by atoms with Gasteiger partial charge in [-0.15, -0.1) is 12.4 Å². The molecule has 0 heterocycles. The van der Waals surface area contributed by atoms with Gasteiger partial charge in [0.15, 0.2) is 0 Å². The molecule has 5 heteroatoms. The second kappa shape index (κ2) is 8.08. The summed E-state index contributed by atoms with van der Waals surface area (Å²) in [6, 6.07) is 7.78. The van der Waals surface area contributed by atoms with E-state index < -0.39 is 6.10 Å². The van der Waals surface area contributed by atoms with Crippen LogP contribution in [0.3, 0.4) is 0 Å². The fourth-order valence-electron chi connectivity index (χ4n) is 1.48. The van der Waals surface area contributed by atoms with E-state index in [1.807, 2.05) is 24.3 Å². The summed E-state index contributed by atoms with van der Waals surface area (Å²) in [4.78, 5) is 11.7. The minimum atomic E-state index is -0.597. The lowest BCUT2D eigenvalue weighted by atomic mass is 10.0. The van der Waals surface area contributed by atoms with Crippen molar-refractivity contribution in [2.24, 2.45) is 5.73 Å². The van der Waals surface area contributed by atoms with Crippen LogP contribution in [0.15, 0.2) is 24.3 Å². The largest absolute Gasteiger partial charge is 0.370 e. The molecule has 1 unspecified atom stereocenters. The van der Waals surface area contributed by atoms with Gasteiger partial charge >= 0.3 is 0 Å². The second-order valence-corrected chi connectivity index (χ2v) is 4.23. The third kappa shape index (κ3) is 4.64. The van der Waals surface area contributed by atoms with Gasteiger partial charge in [0.1, 0.15) is 6.10 Å². The average Bonchev–Trinajstić information content (AvgIpc) is 2.31. The smallest absolute Gasteiger partial charge is 0.254 e. The monoisotopic (exact) mass is 272 g/mol. The fourth-order valence-corrected chi connectivity index (χ4v) is 1.48. The van der Waals surface area contributed by atoms with Gasteiger partial charge in [-0.2, -0.15) is 0 Å². The zero-order valence-corrected chi connectivity index (χ0v) is 11.8. The Bertz CT molecular complexity index is 362. The number of carbonyl (C=O) groups excluding carboxylic acids is 1. The molecular weight excluding hydrogens is 252 g/mol. The minimum absolute atomic E-state index is 0. The maximum atomic E-state index is 11.7. The highest BCUT2D eigenvalue weighted by molar-refractivity contribution is 5.94. The fraction of sp³-hybridized carbons (Fsp3) is 0.462. The van der Waals surface area contributed by atoms with Crippen LogP contribution in [-0.2, 0) is 9.53 Å². The Kier molecular flexibility index (Phi) is 7.59. The number of methoxy groups -OCH3 is 1. The number of hydrogen-bond donors (Lipinski definition) is 2. The first kappa shape index (κ1) is 16.9. The van der Waals surface area contributed by atoms with Crippen molar-refractivity contribution in [1.82, 2.24) is 0 Å². The number of nitrogens with two attached hydrogens (primary N) is 1. The van der Waals surface area contributed by atoms with Gasteiger partial charge in [0.2, 0.25) is 0 Å². The van der Waals surface area contributed by atoms with Gasteiger partial charge in [-0.25, -0.2) is 0 Å². The lowest BCUT2D eigenvalue weighted by Gasteiger charge is -2.13. The van der Waals surface area contributed by atoms with Crippen LogP contribution in [0.25, 0.3) is 0 Å². The van der Waals surface area contributed by atoms with Gasteiger partial charge in [-0.1, -0.05) is 26.0 Å². The van der Waals surface area contributed by atoms with Crippen LogP contribution in [0, 0.1) is 0 Å². The molecule has 4 nitrogen and oxygen atoms in total. The molecule has 1 rings (SSSR count). The summed E-state index contributed by atoms with van der Waals surface area (Å²) in [7, 11) is 1.47. The predicted octanol–water partition coefficient (Wildman–Crippen LogP) is 2.14. The number of amides is 1. The molecule has 0 saturated heterocycles. The summed E-state index contributed by atoms with van der Waals surface area (Å²) in [6.07, 6.45) is -0.597. The van der Waals surface area contributed by atoms with Crippen molar-refractivity contribution >= 4 is 24.0 Å². The number of anilines is 1. The number of carbonyl (C=O) groups is 1. The predicted molar refractivity (Wildman–Crippen MR) is 76.3 cm³/mol. The molecule has 0 bridgehead atoms. The lowest BCUT2D eigenvalue weighted by Crippen LogP contribution is -2.35. The van der Waals surface area contributed by atoms with E-state index in [1.165, 1.54) is 12.7 Å². The number of ether oxygens (including phenoxy) is 1. The summed E-state index contributed by atoms with van der Waals surface area (Å²) in [6.45, 7) is 4.43. The Labute approximate surface area is 114 Å². The molecule has 0 aliphatic heterocycles. The topological polar surface area (TPSA) is 64.3 Å². The van der Waals surface area contributed by atoms with E-state index >= 15 is 0 Å². The van der Waals surface area contributed by atoms with Crippen LogP contribution in [0.1, 0.15) is 25.3 Å². The van der Waals surface area contributed by atoms with Gasteiger partial charge in [-0.05, 0) is 23.6 Å². The highest BCUT2D eigenvalue weighted by atomic mass is 35.5. The number of hydrogen-bond acceptors (Lipinski definition) is 3. The highest BCUT2D eigenvalue weighted by Gasteiger charge is 2.15. The molecule has 1 aromatic rings. The van der Waals surface area contributed by atoms with Crippen molar-refractivity contribution in [3.05, 3.63) is 29.8 Å². The first-order valence-electron chi connectivity index (χ1n) is 5.72. The van der Waals surface area contributed by atoms with Gasteiger partial charge in [0.25, 0.3) is 5.91 Å². The summed E-state index contributed by atoms with van der Waals surface area (Å²) >= 11 is 0. The van der Waals surface area contributed by atoms with E-state index in [0.29, 0.717) is 5.92 Å². The van der Waals surface area contributed by atoms with Crippen molar-refractivity contribution in [3.8, 4) is 0 Å². The van der Waals surface area contributed by atoms with Crippen molar-refractivity contribution in [1.29, 1.82) is 0 Å². The Hall–Kier alpha value is -1.10. The molecular formula is C13H21ClN2O2. The summed E-state index contributed by atoms with van der Waals surface area (Å²) in [5.74, 6) is 0.266. The van der Waals surface area contributed by atoms with Gasteiger partial charge in [-0.3, -0.25) is 4.79 Å². The van der Waals surface area contributed by atoms with Gasteiger partial charge < -0.3 is 15.8 Å². The maximum Gasteiger partial charge on any atom is 0.254 e. The molecule has 0 fully saturated rings. The second-order valence-electron chi connectivity index (χ2n) is 4.23. The summed E-state index contributed by atoms with van der Waals surface area (Å²) in [5.41, 5.74) is 7.42. The molecule has 1 amide bonds. The van der Waals surface area contributed by atoms with E-state index in [0.717, 1.165) is 5.69 Å². The van der Waals surface area contributed by atoms with Crippen molar-refractivity contribution < 1.29 is 9.53 Å². The zero-order chi connectivity index (χ0) is 12.8. The van der Waals surface area contributed by atoms with Crippen LogP contribution in [-0.4, -0.2) is 25.7 Å². The molecule has 0 aliphatic rings. The molecule has 1 atom stereocenters. The first-order valence-corrected chi connectivity index (χ1v) is 5.72. The number of nitrogens with one attached hydrogen (secondary N) is 1. The Morgan fingerprint density at radius 3 is 2.28 bits per heavy atom. The summed E-state index contributed by atoms with van der Waals surface area (Å²) in [5, 5.41) is 2.77. The summed E-state index contributed by atoms with van der Waals surface area (Å²) < 4.78 is 4.96. The van der Waals surface area contributed by atoms with Crippen molar-refractivity contribution in [2.75, 3.05) is 19.0 Å². The average molecular weight is 273 g/mol. The zero-order valence-electron chi connectivity index (χ0n) is 11.0. The maximum absolute atomic E-state index is 11.7. The normalized spacial score (nSPS) is 11.8. The molecule has 3 N–H and O–H groups in total. The third-order valence-electron chi connectivity index (χ3n) is 2.64. The Morgan fingerprint density at radius 2 is 1.89 bits per heavy atom. The Balaban J connectivity index is 0.00000289. The van der Waals surface area contributed by atoms with Crippen LogP contribution >= 0.6 is 12.4 Å². The SMILES string of the molecule is COC(CN)C(=O)Nc1ccc(C(C)C)cc1.Cl. The minimum Gasteiger partial charge on any atom is -0.370 e. The first-order chi connectivity index (χ1) is 8.08. The van der Waals surface area contributed by atoms with E-state index in [1.54, 1.807) is 0 Å². The number of halogens is 1. The molecule has 102 valence electrons. The van der Waals surface area contributed by atoms with Crippen LogP contribution in [0.5, 0.6) is 0 Å². The number of benzene rings is 1. The quantitative estimate of drug-likeness (QED) is 0.863. The molecule has 0 aliphatic carbocycles. The van der Waals surface area contributed by atoms with Crippen molar-refractivity contribution in [2.45, 2.75) is 25.9 Å². The van der Waals surface area contributed by atoms with Crippen LogP contribution in [0.4, 0.5) is 5.69 Å². The van der Waals surface area contributed by atoms with E-state index in [4.69, 9.17) is 10.5 Å². The van der Waals surface area contributed by atoms with Gasteiger partial charge in [0.05, 0.1) is 0 Å². The third-order valence-corrected chi connectivity index (χ3v) is 2.64. The molecule has 1 aromatic carbocycles. The Morgan fingerprint density at radius 1 is 1.33 bits per heavy atom. The van der Waals surface area contributed by atoms with E-state index in [2.05, 4.69) is 19.2 Å². The molecule has 0 radical (unpaired) electrons.